The number of sulfone groups is 1. The van der Waals surface area contributed by atoms with E-state index in [4.69, 9.17) is 4.52 Å². The summed E-state index contributed by atoms with van der Waals surface area (Å²) in [6.07, 6.45) is 4.03. The van der Waals surface area contributed by atoms with Gasteiger partial charge in [-0.1, -0.05) is 18.0 Å². The number of aryl methyl sites for hydroxylation is 1. The molecule has 6 nitrogen and oxygen atoms in total. The summed E-state index contributed by atoms with van der Waals surface area (Å²) in [5, 5.41) is 5.38. The van der Waals surface area contributed by atoms with Crippen LogP contribution in [0.2, 0.25) is 0 Å². The van der Waals surface area contributed by atoms with Gasteiger partial charge in [0.25, 0.3) is 0 Å². The molecule has 20 heavy (non-hydrogen) atoms. The maximum absolute atomic E-state index is 12.2. The molecule has 1 amide bonds. The van der Waals surface area contributed by atoms with E-state index in [0.29, 0.717) is 5.69 Å². The lowest BCUT2D eigenvalue weighted by Crippen LogP contribution is -2.42. The third-order valence-electron chi connectivity index (χ3n) is 3.63. The Hall–Kier alpha value is -1.37. The Kier molecular flexibility index (Phi) is 4.47. The van der Waals surface area contributed by atoms with E-state index in [0.717, 1.165) is 25.7 Å². The van der Waals surface area contributed by atoms with Gasteiger partial charge < -0.3 is 9.84 Å². The highest BCUT2D eigenvalue weighted by molar-refractivity contribution is 7.92. The number of rotatable bonds is 5. The maximum atomic E-state index is 12.2. The molecule has 2 rings (SSSR count). The molecule has 0 spiro atoms. The molecular weight excluding hydrogens is 280 g/mol. The standard InChI is InChI=1S/C13H20N2O4S/c1-9-7-12(19-15-9)8-20(17,18)10(2)13(16)14-11-5-3-4-6-11/h7,10-11H,3-6,8H2,1-2H3,(H,14,16)/t10-/m0/s1. The van der Waals surface area contributed by atoms with Crippen LogP contribution in [0.1, 0.15) is 44.1 Å². The molecule has 0 aromatic carbocycles. The molecule has 112 valence electrons. The van der Waals surface area contributed by atoms with Gasteiger partial charge in [0.2, 0.25) is 5.91 Å². The molecule has 0 radical (unpaired) electrons. The van der Waals surface area contributed by atoms with Gasteiger partial charge in [-0.3, -0.25) is 4.79 Å². The first-order chi connectivity index (χ1) is 9.38. The van der Waals surface area contributed by atoms with Crippen molar-refractivity contribution in [3.05, 3.63) is 17.5 Å². The van der Waals surface area contributed by atoms with Crippen LogP contribution < -0.4 is 5.32 Å². The number of hydrogen-bond donors (Lipinski definition) is 1. The van der Waals surface area contributed by atoms with Crippen LogP contribution in [0.25, 0.3) is 0 Å². The van der Waals surface area contributed by atoms with Crippen molar-refractivity contribution < 1.29 is 17.7 Å². The van der Waals surface area contributed by atoms with E-state index in [1.54, 1.807) is 13.0 Å². The molecule has 1 atom stereocenters. The van der Waals surface area contributed by atoms with Crippen molar-refractivity contribution in [1.82, 2.24) is 10.5 Å². The van der Waals surface area contributed by atoms with Crippen LogP contribution in [0.15, 0.2) is 10.6 Å². The van der Waals surface area contributed by atoms with Gasteiger partial charge in [-0.15, -0.1) is 0 Å². The highest BCUT2D eigenvalue weighted by Gasteiger charge is 2.31. The smallest absolute Gasteiger partial charge is 0.238 e. The van der Waals surface area contributed by atoms with Crippen LogP contribution in [0.4, 0.5) is 0 Å². The lowest BCUT2D eigenvalue weighted by atomic mass is 10.2. The predicted molar refractivity (Wildman–Crippen MR) is 73.7 cm³/mol. The summed E-state index contributed by atoms with van der Waals surface area (Å²) in [5.41, 5.74) is 0.623. The Morgan fingerprint density at radius 1 is 1.50 bits per heavy atom. The SMILES string of the molecule is Cc1cc(CS(=O)(=O)[C@@H](C)C(=O)NC2CCCC2)on1. The Balaban J connectivity index is 1.98. The molecule has 0 bridgehead atoms. The zero-order valence-electron chi connectivity index (χ0n) is 11.8. The van der Waals surface area contributed by atoms with E-state index < -0.39 is 21.0 Å². The van der Waals surface area contributed by atoms with E-state index in [2.05, 4.69) is 10.5 Å². The van der Waals surface area contributed by atoms with Crippen molar-refractivity contribution in [2.75, 3.05) is 0 Å². The first-order valence-corrected chi connectivity index (χ1v) is 8.54. The number of nitrogens with zero attached hydrogens (tertiary/aromatic N) is 1. The molecule has 1 aromatic rings. The van der Waals surface area contributed by atoms with Crippen molar-refractivity contribution in [2.24, 2.45) is 0 Å². The minimum atomic E-state index is -3.59. The Morgan fingerprint density at radius 3 is 2.70 bits per heavy atom. The molecule has 1 fully saturated rings. The lowest BCUT2D eigenvalue weighted by molar-refractivity contribution is -0.121. The summed E-state index contributed by atoms with van der Waals surface area (Å²) in [4.78, 5) is 12.0. The van der Waals surface area contributed by atoms with Gasteiger partial charge in [0.15, 0.2) is 15.6 Å². The summed E-state index contributed by atoms with van der Waals surface area (Å²) in [6, 6.07) is 1.69. The molecule has 1 aliphatic carbocycles. The van der Waals surface area contributed by atoms with Gasteiger partial charge in [0.05, 0.1) is 5.69 Å². The number of aromatic nitrogens is 1. The second-order valence-electron chi connectivity index (χ2n) is 5.37. The normalized spacial score (nSPS) is 18.1. The van der Waals surface area contributed by atoms with Gasteiger partial charge >= 0.3 is 0 Å². The summed E-state index contributed by atoms with van der Waals surface area (Å²) < 4.78 is 29.3. The largest absolute Gasteiger partial charge is 0.360 e. The van der Waals surface area contributed by atoms with Crippen LogP contribution in [-0.4, -0.2) is 30.8 Å². The fraction of sp³-hybridized carbons (Fsp3) is 0.692. The average Bonchev–Trinajstić information content (AvgIpc) is 3.00. The maximum Gasteiger partial charge on any atom is 0.238 e. The minimum Gasteiger partial charge on any atom is -0.360 e. The number of amides is 1. The molecule has 1 aliphatic rings. The molecule has 7 heteroatoms. The monoisotopic (exact) mass is 300 g/mol. The van der Waals surface area contributed by atoms with Crippen LogP contribution in [-0.2, 0) is 20.4 Å². The first-order valence-electron chi connectivity index (χ1n) is 6.82. The lowest BCUT2D eigenvalue weighted by Gasteiger charge is -2.16. The third kappa shape index (κ3) is 3.59. The fourth-order valence-electron chi connectivity index (χ4n) is 2.36. The number of nitrogens with one attached hydrogen (secondary N) is 1. The molecule has 1 heterocycles. The van der Waals surface area contributed by atoms with Crippen molar-refractivity contribution in [3.8, 4) is 0 Å². The predicted octanol–water partition coefficient (Wildman–Crippen LogP) is 1.35. The summed E-state index contributed by atoms with van der Waals surface area (Å²) in [6.45, 7) is 3.14. The average molecular weight is 300 g/mol. The Labute approximate surface area is 118 Å². The number of carbonyl (C=O) groups is 1. The van der Waals surface area contributed by atoms with Crippen molar-refractivity contribution in [1.29, 1.82) is 0 Å². The van der Waals surface area contributed by atoms with Crippen molar-refractivity contribution in [2.45, 2.75) is 56.6 Å². The van der Waals surface area contributed by atoms with Crippen molar-refractivity contribution >= 4 is 15.7 Å². The summed E-state index contributed by atoms with van der Waals surface area (Å²) in [5.74, 6) is -0.455. The molecule has 0 saturated heterocycles. The van der Waals surface area contributed by atoms with Crippen LogP contribution in [0.5, 0.6) is 0 Å². The van der Waals surface area contributed by atoms with Crippen LogP contribution >= 0.6 is 0 Å². The molecule has 1 saturated carbocycles. The summed E-state index contributed by atoms with van der Waals surface area (Å²) in [7, 11) is -3.59. The highest BCUT2D eigenvalue weighted by atomic mass is 32.2. The van der Waals surface area contributed by atoms with Gasteiger partial charge in [-0.25, -0.2) is 8.42 Å². The fourth-order valence-corrected chi connectivity index (χ4v) is 3.54. The molecule has 0 unspecified atom stereocenters. The van der Waals surface area contributed by atoms with Gasteiger partial charge in [-0.2, -0.15) is 0 Å². The van der Waals surface area contributed by atoms with Crippen LogP contribution in [0.3, 0.4) is 0 Å². The van der Waals surface area contributed by atoms with Gasteiger partial charge in [-0.05, 0) is 26.7 Å². The van der Waals surface area contributed by atoms with E-state index in [1.807, 2.05) is 0 Å². The molecule has 1 aromatic heterocycles. The molecular formula is C13H20N2O4S. The van der Waals surface area contributed by atoms with E-state index in [1.165, 1.54) is 6.92 Å². The Bertz CT molecular complexity index is 573. The topological polar surface area (TPSA) is 89.3 Å². The highest BCUT2D eigenvalue weighted by Crippen LogP contribution is 2.19. The third-order valence-corrected chi connectivity index (χ3v) is 5.61. The van der Waals surface area contributed by atoms with Gasteiger partial charge in [0, 0.05) is 12.1 Å². The van der Waals surface area contributed by atoms with Gasteiger partial charge in [0.1, 0.15) is 11.0 Å². The second kappa shape index (κ2) is 5.95. The Morgan fingerprint density at radius 2 is 2.15 bits per heavy atom. The molecule has 1 N–H and O–H groups in total. The minimum absolute atomic E-state index is 0.118. The van der Waals surface area contributed by atoms with Crippen LogP contribution in [0, 0.1) is 6.92 Å². The first kappa shape index (κ1) is 15.0. The zero-order valence-corrected chi connectivity index (χ0v) is 12.6. The van der Waals surface area contributed by atoms with E-state index >= 15 is 0 Å². The van der Waals surface area contributed by atoms with Crippen molar-refractivity contribution in [3.63, 3.8) is 0 Å². The number of carbonyl (C=O) groups excluding carboxylic acids is 1. The van der Waals surface area contributed by atoms with E-state index in [9.17, 15) is 13.2 Å². The zero-order chi connectivity index (χ0) is 14.8. The molecule has 0 aliphatic heterocycles. The van der Waals surface area contributed by atoms with E-state index in [-0.39, 0.29) is 17.6 Å². The summed E-state index contributed by atoms with van der Waals surface area (Å²) >= 11 is 0. The quantitative estimate of drug-likeness (QED) is 0.886. The second-order valence-corrected chi connectivity index (χ2v) is 7.70. The number of hydrogen-bond acceptors (Lipinski definition) is 5.